The smallest absolute Gasteiger partial charge is 0.269 e. The maximum Gasteiger partial charge on any atom is 0.269 e. The van der Waals surface area contributed by atoms with Crippen LogP contribution in [0.25, 0.3) is 11.3 Å². The van der Waals surface area contributed by atoms with Gasteiger partial charge in [0.25, 0.3) is 5.56 Å². The van der Waals surface area contributed by atoms with Crippen molar-refractivity contribution in [2.75, 3.05) is 7.11 Å². The number of aryl methyl sites for hydroxylation is 2. The molecule has 1 aliphatic carbocycles. The highest BCUT2D eigenvalue weighted by Gasteiger charge is 2.23. The van der Waals surface area contributed by atoms with Gasteiger partial charge in [-0.05, 0) is 67.5 Å². The molecule has 3 aromatic rings. The van der Waals surface area contributed by atoms with Gasteiger partial charge in [-0.2, -0.15) is 5.10 Å². The van der Waals surface area contributed by atoms with Gasteiger partial charge >= 0.3 is 0 Å². The van der Waals surface area contributed by atoms with Crippen molar-refractivity contribution >= 4 is 10.0 Å². The molecule has 0 aliphatic heterocycles. The Morgan fingerprint density at radius 2 is 1.75 bits per heavy atom. The Balaban J connectivity index is 1.68. The molecular formula is C24H27N3O4S. The average molecular weight is 454 g/mol. The molecule has 32 heavy (non-hydrogen) atoms. The lowest BCUT2D eigenvalue weighted by molar-refractivity contribution is 0.414. The Kier molecular flexibility index (Phi) is 6.17. The minimum absolute atomic E-state index is 0.0652. The molecule has 0 saturated heterocycles. The Labute approximate surface area is 188 Å². The summed E-state index contributed by atoms with van der Waals surface area (Å²) in [5, 5.41) is 4.50. The second-order valence-electron chi connectivity index (χ2n) is 8.09. The van der Waals surface area contributed by atoms with Gasteiger partial charge in [0.2, 0.25) is 10.0 Å². The minimum atomic E-state index is -3.75. The zero-order valence-corrected chi connectivity index (χ0v) is 19.3. The highest BCUT2D eigenvalue weighted by Crippen LogP contribution is 2.30. The number of hydrogen-bond acceptors (Lipinski definition) is 5. The van der Waals surface area contributed by atoms with Crippen LogP contribution in [0.1, 0.15) is 35.1 Å². The molecule has 8 heteroatoms. The van der Waals surface area contributed by atoms with Crippen molar-refractivity contribution < 1.29 is 13.2 Å². The maximum atomic E-state index is 13.1. The molecule has 0 saturated carbocycles. The predicted molar refractivity (Wildman–Crippen MR) is 123 cm³/mol. The number of hydrogen-bond donors (Lipinski definition) is 1. The second-order valence-corrected chi connectivity index (χ2v) is 9.83. The van der Waals surface area contributed by atoms with Crippen LogP contribution in [0.3, 0.4) is 0 Å². The molecule has 0 fully saturated rings. The van der Waals surface area contributed by atoms with E-state index in [1.807, 2.05) is 18.2 Å². The summed E-state index contributed by atoms with van der Waals surface area (Å²) < 4.78 is 35.5. The second kappa shape index (κ2) is 8.88. The van der Waals surface area contributed by atoms with Crippen LogP contribution in [0.4, 0.5) is 0 Å². The van der Waals surface area contributed by atoms with Gasteiger partial charge in [-0.1, -0.05) is 24.3 Å². The van der Waals surface area contributed by atoms with Crippen LogP contribution < -0.4 is 15.0 Å². The first-order chi connectivity index (χ1) is 15.3. The van der Waals surface area contributed by atoms with Crippen LogP contribution in [0.2, 0.25) is 0 Å². The van der Waals surface area contributed by atoms with Gasteiger partial charge in [-0.15, -0.1) is 0 Å². The summed E-state index contributed by atoms with van der Waals surface area (Å²) in [6.45, 7) is 1.94. The van der Waals surface area contributed by atoms with E-state index >= 15 is 0 Å². The fourth-order valence-electron chi connectivity index (χ4n) is 4.12. The van der Waals surface area contributed by atoms with Crippen LogP contribution in [-0.4, -0.2) is 25.3 Å². The molecule has 1 aliphatic rings. The lowest BCUT2D eigenvalue weighted by Crippen LogP contribution is -2.28. The van der Waals surface area contributed by atoms with Gasteiger partial charge in [-0.25, -0.2) is 17.8 Å². The zero-order chi connectivity index (χ0) is 22.9. The summed E-state index contributed by atoms with van der Waals surface area (Å²) in [4.78, 5) is 12.7. The fraction of sp³-hybridized carbons (Fsp3) is 0.333. The van der Waals surface area contributed by atoms with Crippen molar-refractivity contribution in [2.24, 2.45) is 7.05 Å². The first-order valence-electron chi connectivity index (χ1n) is 10.6. The SMILES string of the molecule is COc1ccc(CNS(=O)(=O)c2cc(-c3nn(C)c(=O)c4c3CCCC4)ccc2C)cc1. The Morgan fingerprint density at radius 3 is 2.44 bits per heavy atom. The number of benzene rings is 2. The molecule has 0 bridgehead atoms. The van der Waals surface area contributed by atoms with E-state index in [4.69, 9.17) is 4.74 Å². The van der Waals surface area contributed by atoms with Crippen LogP contribution in [0.5, 0.6) is 5.75 Å². The normalized spacial score (nSPS) is 13.6. The molecule has 0 amide bonds. The minimum Gasteiger partial charge on any atom is -0.497 e. The topological polar surface area (TPSA) is 90.3 Å². The molecular weight excluding hydrogens is 426 g/mol. The first-order valence-corrected chi connectivity index (χ1v) is 12.1. The summed E-state index contributed by atoms with van der Waals surface area (Å²) in [6, 6.07) is 12.6. The van der Waals surface area contributed by atoms with Gasteiger partial charge in [-0.3, -0.25) is 4.79 Å². The van der Waals surface area contributed by atoms with Gasteiger partial charge < -0.3 is 4.74 Å². The van der Waals surface area contributed by atoms with E-state index in [2.05, 4.69) is 9.82 Å². The molecule has 168 valence electrons. The zero-order valence-electron chi connectivity index (χ0n) is 18.5. The molecule has 7 nitrogen and oxygen atoms in total. The molecule has 2 aromatic carbocycles. The third kappa shape index (κ3) is 4.33. The lowest BCUT2D eigenvalue weighted by atomic mass is 9.89. The van der Waals surface area contributed by atoms with E-state index in [1.54, 1.807) is 45.3 Å². The molecule has 0 radical (unpaired) electrons. The predicted octanol–water partition coefficient (Wildman–Crippen LogP) is 3.12. The number of fused-ring (bicyclic) bond motifs is 1. The molecule has 1 heterocycles. The lowest BCUT2D eigenvalue weighted by Gasteiger charge is -2.20. The van der Waals surface area contributed by atoms with Crippen molar-refractivity contribution in [3.8, 4) is 17.0 Å². The van der Waals surface area contributed by atoms with Crippen LogP contribution in [0, 0.1) is 6.92 Å². The third-order valence-electron chi connectivity index (χ3n) is 5.93. The van der Waals surface area contributed by atoms with E-state index in [0.29, 0.717) is 22.6 Å². The highest BCUT2D eigenvalue weighted by molar-refractivity contribution is 7.89. The van der Waals surface area contributed by atoms with Crippen molar-refractivity contribution in [3.05, 3.63) is 75.1 Å². The summed E-state index contributed by atoms with van der Waals surface area (Å²) >= 11 is 0. The average Bonchev–Trinajstić information content (AvgIpc) is 2.81. The highest BCUT2D eigenvalue weighted by atomic mass is 32.2. The third-order valence-corrected chi connectivity index (χ3v) is 7.48. The number of nitrogens with one attached hydrogen (secondary N) is 1. The summed E-state index contributed by atoms with van der Waals surface area (Å²) in [6.07, 6.45) is 3.49. The monoisotopic (exact) mass is 453 g/mol. The van der Waals surface area contributed by atoms with Crippen LogP contribution >= 0.6 is 0 Å². The maximum absolute atomic E-state index is 13.1. The number of rotatable bonds is 6. The summed E-state index contributed by atoms with van der Waals surface area (Å²) in [5.41, 5.74) is 4.54. The number of aromatic nitrogens is 2. The van der Waals surface area contributed by atoms with Crippen LogP contribution in [-0.2, 0) is 36.5 Å². The van der Waals surface area contributed by atoms with Gasteiger partial charge in [0.05, 0.1) is 17.7 Å². The van der Waals surface area contributed by atoms with Gasteiger partial charge in [0.1, 0.15) is 5.75 Å². The molecule has 1 N–H and O–H groups in total. The number of nitrogens with zero attached hydrogens (tertiary/aromatic N) is 2. The first kappa shape index (κ1) is 22.2. The molecule has 1 aromatic heterocycles. The van der Waals surface area contributed by atoms with Crippen molar-refractivity contribution in [3.63, 3.8) is 0 Å². The van der Waals surface area contributed by atoms with E-state index < -0.39 is 10.0 Å². The quantitative estimate of drug-likeness (QED) is 0.619. The van der Waals surface area contributed by atoms with E-state index in [-0.39, 0.29) is 17.0 Å². The van der Waals surface area contributed by atoms with Crippen molar-refractivity contribution in [2.45, 2.75) is 44.0 Å². The Hall–Kier alpha value is -2.97. The fourth-order valence-corrected chi connectivity index (χ4v) is 5.41. The Bertz CT molecular complexity index is 1310. The molecule has 0 atom stereocenters. The largest absolute Gasteiger partial charge is 0.497 e. The summed E-state index contributed by atoms with van der Waals surface area (Å²) in [5.74, 6) is 0.716. The number of methoxy groups -OCH3 is 1. The number of ether oxygens (including phenoxy) is 1. The van der Waals surface area contributed by atoms with Crippen LogP contribution in [0.15, 0.2) is 52.2 Å². The van der Waals surface area contributed by atoms with E-state index in [9.17, 15) is 13.2 Å². The van der Waals surface area contributed by atoms with Gasteiger partial charge in [0, 0.05) is 24.7 Å². The number of sulfonamides is 1. The van der Waals surface area contributed by atoms with E-state index in [1.165, 1.54) is 4.68 Å². The molecule has 0 unspecified atom stereocenters. The standard InChI is InChI=1S/C24H27N3O4S/c1-16-8-11-18(23-20-6-4-5-7-21(20)24(28)27(2)26-23)14-22(16)32(29,30)25-15-17-9-12-19(31-3)13-10-17/h8-14,25H,4-7,15H2,1-3H3. The Morgan fingerprint density at radius 1 is 1.06 bits per heavy atom. The van der Waals surface area contributed by atoms with Gasteiger partial charge in [0.15, 0.2) is 0 Å². The van der Waals surface area contributed by atoms with Crippen molar-refractivity contribution in [1.29, 1.82) is 0 Å². The van der Waals surface area contributed by atoms with Crippen molar-refractivity contribution in [1.82, 2.24) is 14.5 Å². The molecule has 0 spiro atoms. The summed E-state index contributed by atoms with van der Waals surface area (Å²) in [7, 11) is -0.523. The van der Waals surface area contributed by atoms with E-state index in [0.717, 1.165) is 42.4 Å². The molecule has 4 rings (SSSR count).